The fourth-order valence-electron chi connectivity index (χ4n) is 8.61. The minimum atomic E-state index is -1.03. The van der Waals surface area contributed by atoms with Crippen molar-refractivity contribution in [3.05, 3.63) is 95.4 Å². The van der Waals surface area contributed by atoms with E-state index in [1.54, 1.807) is 0 Å². The van der Waals surface area contributed by atoms with Crippen molar-refractivity contribution in [1.29, 1.82) is 0 Å². The smallest absolute Gasteiger partial charge is 0.681 e. The number of rotatable bonds is 12. The maximum Gasteiger partial charge on any atom is 2.00 e. The number of H-pyrrole nitrogens is 2. The molecular formula is C45H56MgN4O5. The number of nitrogens with one attached hydrogen (secondary N) is 2. The number of esters is 2. The van der Waals surface area contributed by atoms with Crippen LogP contribution in [0.25, 0.3) is 41.0 Å². The fraction of sp³-hybridized carbons (Fsp3) is 0.467. The number of fused-ring (bicyclic) bond motifs is 8. The molecule has 6 rings (SSSR count). The number of aromatic amines is 2. The van der Waals surface area contributed by atoms with Crippen LogP contribution in [0, 0.1) is 44.4 Å². The van der Waals surface area contributed by atoms with E-state index in [1.165, 1.54) is 24.7 Å². The van der Waals surface area contributed by atoms with E-state index in [2.05, 4.69) is 70.2 Å². The summed E-state index contributed by atoms with van der Waals surface area (Å²) in [5, 5.41) is 20.4. The summed E-state index contributed by atoms with van der Waals surface area (Å²) >= 11 is 0. The van der Waals surface area contributed by atoms with Gasteiger partial charge >= 0.3 is 35.0 Å². The second-order valence-electron chi connectivity index (χ2n) is 15.7. The van der Waals surface area contributed by atoms with Gasteiger partial charge in [0.05, 0.1) is 7.11 Å². The van der Waals surface area contributed by atoms with E-state index in [0.29, 0.717) is 28.5 Å². The van der Waals surface area contributed by atoms with E-state index >= 15 is 0 Å². The molecule has 1 aliphatic carbocycles. The Bertz CT molecular complexity index is 2300. The molecule has 1 saturated heterocycles. The number of ether oxygens (including phenoxy) is 2. The summed E-state index contributed by atoms with van der Waals surface area (Å²) in [5.41, 5.74) is 10.3. The molecule has 5 heterocycles. The van der Waals surface area contributed by atoms with Crippen LogP contribution < -0.4 is 26.3 Å². The molecule has 3 aliphatic rings. The monoisotopic (exact) mass is 756 g/mol. The third kappa shape index (κ3) is 8.08. The van der Waals surface area contributed by atoms with E-state index in [-0.39, 0.29) is 59.6 Å². The number of aliphatic hydroxyl groups excluding tert-OH is 1. The summed E-state index contributed by atoms with van der Waals surface area (Å²) in [6.07, 6.45) is 14.8. The number of hydrogen-bond donors (Lipinski definition) is 3. The summed E-state index contributed by atoms with van der Waals surface area (Å²) < 4.78 is 11.0. The van der Waals surface area contributed by atoms with Gasteiger partial charge in [-0.25, -0.2) is 0 Å². The standard InChI is InChI=1S/C45H56N4O5.Mg/c1-11-29-25(6)32-20-34-27(8)31(16-17-38(50)54-19-18-24(5)15-13-14-23(3)4)42(48-34)40-41(45(52)53-10)44(51)39-28(9)35(49-43(39)40)22-37-30(12-2)26(7)33(47-37)21-36(29)46-32;/h11,18,20-23,27,31,41-42,47,49,51H,1,12-17,19H2,2-10H3;/q-2;+2/b24-18-,33-21-,34-20-,37-22-;/t27-,31-,41+,42?;/m0./s1. The number of methoxy groups -OCH3 is 1. The zero-order valence-corrected chi connectivity index (χ0v) is 35.5. The Morgan fingerprint density at radius 1 is 1.04 bits per heavy atom. The van der Waals surface area contributed by atoms with E-state index in [1.807, 2.05) is 32.1 Å². The first kappa shape index (κ1) is 42.0. The summed E-state index contributed by atoms with van der Waals surface area (Å²) in [7, 11) is 1.34. The molecule has 9 nitrogen and oxygen atoms in total. The van der Waals surface area contributed by atoms with Gasteiger partial charge in [0.1, 0.15) is 18.3 Å². The summed E-state index contributed by atoms with van der Waals surface area (Å²) in [4.78, 5) is 39.1. The maximum atomic E-state index is 13.5. The van der Waals surface area contributed by atoms with Crippen molar-refractivity contribution in [2.45, 2.75) is 100.0 Å². The molecule has 0 saturated carbocycles. The van der Waals surface area contributed by atoms with Crippen molar-refractivity contribution in [2.24, 2.45) is 23.7 Å². The minimum Gasteiger partial charge on any atom is -0.681 e. The molecule has 3 aromatic heterocycles. The second-order valence-corrected chi connectivity index (χ2v) is 15.7. The van der Waals surface area contributed by atoms with Crippen molar-refractivity contribution >= 4 is 70.6 Å². The number of aliphatic hydroxyl groups is 1. The molecule has 2 aliphatic heterocycles. The molecule has 4 atom stereocenters. The molecular weight excluding hydrogens is 701 g/mol. The molecule has 0 radical (unpaired) electrons. The first-order valence-corrected chi connectivity index (χ1v) is 19.5. The average molecular weight is 757 g/mol. The van der Waals surface area contributed by atoms with Crippen LogP contribution >= 0.6 is 0 Å². The second kappa shape index (κ2) is 17.3. The third-order valence-electron chi connectivity index (χ3n) is 11.9. The van der Waals surface area contributed by atoms with Crippen LogP contribution in [0.4, 0.5) is 0 Å². The minimum absolute atomic E-state index is 0. The molecule has 288 valence electrons. The molecule has 0 aromatic carbocycles. The van der Waals surface area contributed by atoms with Gasteiger partial charge in [0, 0.05) is 33.4 Å². The van der Waals surface area contributed by atoms with Crippen molar-refractivity contribution in [3.8, 4) is 0 Å². The maximum absolute atomic E-state index is 13.5. The Balaban J connectivity index is 0.00000580. The van der Waals surface area contributed by atoms with E-state index in [0.717, 1.165) is 75.0 Å². The molecule has 1 fully saturated rings. The summed E-state index contributed by atoms with van der Waals surface area (Å²) in [5.74, 6) is -1.51. The van der Waals surface area contributed by atoms with Crippen LogP contribution in [0.1, 0.15) is 112 Å². The molecule has 3 aromatic rings. The average Bonchev–Trinajstić information content (AvgIpc) is 3.87. The van der Waals surface area contributed by atoms with Gasteiger partial charge in [-0.2, -0.15) is 5.70 Å². The predicted molar refractivity (Wildman–Crippen MR) is 222 cm³/mol. The van der Waals surface area contributed by atoms with Crippen LogP contribution in [0.3, 0.4) is 0 Å². The van der Waals surface area contributed by atoms with Gasteiger partial charge in [0.2, 0.25) is 0 Å². The Morgan fingerprint density at radius 3 is 2.45 bits per heavy atom. The van der Waals surface area contributed by atoms with Gasteiger partial charge in [-0.1, -0.05) is 76.1 Å². The predicted octanol–water partition coefficient (Wildman–Crippen LogP) is 5.79. The van der Waals surface area contributed by atoms with E-state index < -0.39 is 17.9 Å². The molecule has 55 heavy (non-hydrogen) atoms. The summed E-state index contributed by atoms with van der Waals surface area (Å²) in [6.45, 7) is 21.3. The quantitative estimate of drug-likeness (QED) is 0.122. The van der Waals surface area contributed by atoms with Crippen LogP contribution in [0.2, 0.25) is 0 Å². The fourth-order valence-corrected chi connectivity index (χ4v) is 8.61. The van der Waals surface area contributed by atoms with Crippen molar-refractivity contribution in [1.82, 2.24) is 15.0 Å². The Morgan fingerprint density at radius 2 is 1.78 bits per heavy atom. The molecule has 8 bridgehead atoms. The first-order valence-electron chi connectivity index (χ1n) is 19.5. The van der Waals surface area contributed by atoms with Gasteiger partial charge in [-0.3, -0.25) is 9.59 Å². The van der Waals surface area contributed by atoms with Gasteiger partial charge in [0.15, 0.2) is 0 Å². The van der Waals surface area contributed by atoms with E-state index in [4.69, 9.17) is 19.8 Å². The number of aromatic nitrogens is 3. The summed E-state index contributed by atoms with van der Waals surface area (Å²) in [6, 6.07) is -0.529. The van der Waals surface area contributed by atoms with Crippen molar-refractivity contribution in [3.63, 3.8) is 0 Å². The largest absolute Gasteiger partial charge is 2.00 e. The molecule has 0 amide bonds. The SMILES string of the molecule is C=Cc1c2[n-]c(c1C)/C=C1\[N-]C(C3=c4[nH]c(c(C)c4=C(O)[C@@H]3C(=O)OC)/C=c3\[nH]/c(c(C)c3CC)=C\2)[C@@H](CCC(=O)OC/C=C(/C)CCCC(C)C)[C@@H]1C.[Mg+2]. The Kier molecular flexibility index (Phi) is 13.2. The molecule has 1 unspecified atom stereocenters. The van der Waals surface area contributed by atoms with Gasteiger partial charge in [-0.15, -0.1) is 11.4 Å². The third-order valence-corrected chi connectivity index (χ3v) is 11.9. The topological polar surface area (TPSA) is 133 Å². The zero-order valence-electron chi connectivity index (χ0n) is 34.1. The van der Waals surface area contributed by atoms with Crippen LogP contribution in [-0.2, 0) is 25.5 Å². The number of allylic oxidation sites excluding steroid dienone is 2. The first-order chi connectivity index (χ1) is 25.8. The number of carbonyl (C=O) groups excluding carboxylic acids is 2. The van der Waals surface area contributed by atoms with Gasteiger partial charge in [-0.05, 0) is 111 Å². The van der Waals surface area contributed by atoms with E-state index in [9.17, 15) is 14.7 Å². The molecule has 0 spiro atoms. The van der Waals surface area contributed by atoms with Gasteiger partial charge < -0.3 is 34.8 Å². The Labute approximate surface area is 341 Å². The number of carbonyl (C=O) groups is 2. The van der Waals surface area contributed by atoms with Crippen LogP contribution in [-0.4, -0.2) is 69.8 Å². The number of hydrogen-bond acceptors (Lipinski definition) is 5. The molecule has 10 heteroatoms. The normalized spacial score (nSPS) is 22.2. The Hall–Kier alpha value is -4.15. The molecule has 3 N–H and O–H groups in total. The zero-order chi connectivity index (χ0) is 39.0. The van der Waals surface area contributed by atoms with Crippen molar-refractivity contribution < 1.29 is 24.2 Å². The number of nitrogens with zero attached hydrogens (tertiary/aromatic N) is 2. The van der Waals surface area contributed by atoms with Crippen molar-refractivity contribution in [2.75, 3.05) is 13.7 Å². The van der Waals surface area contributed by atoms with Gasteiger partial charge in [0.25, 0.3) is 0 Å². The van der Waals surface area contributed by atoms with Crippen LogP contribution in [0.5, 0.6) is 0 Å². The van der Waals surface area contributed by atoms with Crippen LogP contribution in [0.15, 0.2) is 23.9 Å².